The summed E-state index contributed by atoms with van der Waals surface area (Å²) >= 11 is 1.39. The average molecular weight is 317 g/mol. The van der Waals surface area contributed by atoms with E-state index >= 15 is 0 Å². The van der Waals surface area contributed by atoms with Gasteiger partial charge in [-0.15, -0.1) is 0 Å². The van der Waals surface area contributed by atoms with E-state index in [0.717, 1.165) is 0 Å². The Morgan fingerprint density at radius 2 is 2.05 bits per heavy atom. The summed E-state index contributed by atoms with van der Waals surface area (Å²) in [5.41, 5.74) is 0.117. The van der Waals surface area contributed by atoms with Crippen molar-refractivity contribution in [2.24, 2.45) is 7.05 Å². The second kappa shape index (κ2) is 5.76. The number of fused-ring (bicyclic) bond motifs is 1. The van der Waals surface area contributed by atoms with Crippen molar-refractivity contribution >= 4 is 22.8 Å². The molecule has 0 atom stereocenters. The number of ether oxygens (including phenoxy) is 1. The highest BCUT2D eigenvalue weighted by molar-refractivity contribution is 7.98. The minimum Gasteiger partial charge on any atom is -0.448 e. The molecule has 22 heavy (non-hydrogen) atoms. The van der Waals surface area contributed by atoms with Crippen LogP contribution in [0.25, 0.3) is 11.0 Å². The molecule has 3 aromatic rings. The SMILES string of the molecule is CSc1ncc2cc(Oc3ccccc3F)c(=O)n(C)c2n1. The van der Waals surface area contributed by atoms with Crippen LogP contribution in [0, 0.1) is 5.82 Å². The number of rotatable bonds is 3. The lowest BCUT2D eigenvalue weighted by Gasteiger charge is -2.10. The molecule has 0 amide bonds. The molecule has 2 heterocycles. The molecule has 0 bridgehead atoms. The molecule has 0 saturated carbocycles. The van der Waals surface area contributed by atoms with Crippen molar-refractivity contribution in [2.45, 2.75) is 5.16 Å². The monoisotopic (exact) mass is 317 g/mol. The highest BCUT2D eigenvalue weighted by Gasteiger charge is 2.12. The Hall–Kier alpha value is -2.41. The Bertz CT molecular complexity index is 911. The molecular weight excluding hydrogens is 305 g/mol. The molecule has 0 saturated heterocycles. The Morgan fingerprint density at radius 1 is 1.27 bits per heavy atom. The smallest absolute Gasteiger partial charge is 0.294 e. The minimum atomic E-state index is -0.529. The lowest BCUT2D eigenvalue weighted by molar-refractivity contribution is 0.434. The van der Waals surface area contributed by atoms with Crippen LogP contribution in [0.1, 0.15) is 0 Å². The van der Waals surface area contributed by atoms with Gasteiger partial charge in [0.05, 0.1) is 0 Å². The number of aryl methyl sites for hydroxylation is 1. The molecule has 7 heteroatoms. The van der Waals surface area contributed by atoms with Crippen LogP contribution in [-0.4, -0.2) is 20.8 Å². The Kier molecular flexibility index (Phi) is 3.81. The van der Waals surface area contributed by atoms with Crippen molar-refractivity contribution in [1.29, 1.82) is 0 Å². The fourth-order valence-corrected chi connectivity index (χ4v) is 2.35. The first-order valence-electron chi connectivity index (χ1n) is 6.43. The number of aromatic nitrogens is 3. The molecule has 0 N–H and O–H groups in total. The quantitative estimate of drug-likeness (QED) is 0.549. The maximum absolute atomic E-state index is 13.7. The second-order valence-corrected chi connectivity index (χ2v) is 5.31. The summed E-state index contributed by atoms with van der Waals surface area (Å²) in [6.07, 6.45) is 3.47. The molecule has 3 rings (SSSR count). The van der Waals surface area contributed by atoms with Gasteiger partial charge in [-0.25, -0.2) is 14.4 Å². The first-order chi connectivity index (χ1) is 10.6. The van der Waals surface area contributed by atoms with E-state index in [4.69, 9.17) is 4.74 Å². The average Bonchev–Trinajstić information content (AvgIpc) is 2.54. The van der Waals surface area contributed by atoms with Gasteiger partial charge in [0.25, 0.3) is 5.56 Å². The molecule has 0 radical (unpaired) electrons. The van der Waals surface area contributed by atoms with Gasteiger partial charge >= 0.3 is 0 Å². The van der Waals surface area contributed by atoms with E-state index in [2.05, 4.69) is 9.97 Å². The fraction of sp³-hybridized carbons (Fsp3) is 0.133. The van der Waals surface area contributed by atoms with Gasteiger partial charge < -0.3 is 4.74 Å². The van der Waals surface area contributed by atoms with Crippen LogP contribution in [0.5, 0.6) is 11.5 Å². The van der Waals surface area contributed by atoms with Crippen molar-refractivity contribution in [1.82, 2.24) is 14.5 Å². The molecule has 0 fully saturated rings. The summed E-state index contributed by atoms with van der Waals surface area (Å²) in [6, 6.07) is 7.45. The Balaban J connectivity index is 2.14. The van der Waals surface area contributed by atoms with E-state index in [1.807, 2.05) is 6.26 Å². The zero-order valence-corrected chi connectivity index (χ0v) is 12.7. The van der Waals surface area contributed by atoms with E-state index in [-0.39, 0.29) is 17.1 Å². The normalized spacial score (nSPS) is 10.9. The van der Waals surface area contributed by atoms with E-state index in [9.17, 15) is 9.18 Å². The summed E-state index contributed by atoms with van der Waals surface area (Å²) in [6.45, 7) is 0. The third kappa shape index (κ3) is 2.55. The largest absolute Gasteiger partial charge is 0.448 e. The Labute approximate surface area is 129 Å². The van der Waals surface area contributed by atoms with Crippen LogP contribution in [0.2, 0.25) is 0 Å². The molecule has 112 valence electrons. The summed E-state index contributed by atoms with van der Waals surface area (Å²) < 4.78 is 20.4. The van der Waals surface area contributed by atoms with E-state index in [1.165, 1.54) is 34.5 Å². The summed E-state index contributed by atoms with van der Waals surface area (Å²) in [5.74, 6) is -0.500. The van der Waals surface area contributed by atoms with Crippen molar-refractivity contribution in [2.75, 3.05) is 6.26 Å². The van der Waals surface area contributed by atoms with Crippen molar-refractivity contribution in [3.63, 3.8) is 0 Å². The zero-order valence-electron chi connectivity index (χ0n) is 11.9. The summed E-state index contributed by atoms with van der Waals surface area (Å²) in [5, 5.41) is 1.22. The number of para-hydroxylation sites is 1. The number of benzene rings is 1. The predicted octanol–water partition coefficient (Wildman–Crippen LogP) is 2.98. The van der Waals surface area contributed by atoms with Crippen molar-refractivity contribution in [3.8, 4) is 11.5 Å². The minimum absolute atomic E-state index is 0.000558. The first-order valence-corrected chi connectivity index (χ1v) is 7.66. The molecule has 0 aliphatic heterocycles. The lowest BCUT2D eigenvalue weighted by Crippen LogP contribution is -2.19. The van der Waals surface area contributed by atoms with Gasteiger partial charge in [-0.3, -0.25) is 9.36 Å². The van der Waals surface area contributed by atoms with Gasteiger partial charge in [-0.05, 0) is 24.5 Å². The van der Waals surface area contributed by atoms with Crippen LogP contribution in [0.15, 0.2) is 46.5 Å². The standard InChI is InChI=1S/C15H12FN3O2S/c1-19-13-9(8-17-15(18-13)22-2)7-12(14(19)20)21-11-6-4-3-5-10(11)16/h3-8H,1-2H3. The van der Waals surface area contributed by atoms with E-state index in [0.29, 0.717) is 16.2 Å². The molecule has 5 nitrogen and oxygen atoms in total. The molecule has 0 aliphatic rings. The fourth-order valence-electron chi connectivity index (χ4n) is 2.02. The van der Waals surface area contributed by atoms with Crippen molar-refractivity contribution in [3.05, 3.63) is 52.7 Å². The van der Waals surface area contributed by atoms with Crippen LogP contribution in [-0.2, 0) is 7.05 Å². The molecule has 0 aliphatic carbocycles. The number of hydrogen-bond acceptors (Lipinski definition) is 5. The van der Waals surface area contributed by atoms with Crippen LogP contribution < -0.4 is 10.3 Å². The van der Waals surface area contributed by atoms with Gasteiger partial charge in [0.1, 0.15) is 5.65 Å². The van der Waals surface area contributed by atoms with E-state index in [1.54, 1.807) is 25.4 Å². The maximum Gasteiger partial charge on any atom is 0.294 e. The number of thioether (sulfide) groups is 1. The highest BCUT2D eigenvalue weighted by Crippen LogP contribution is 2.24. The van der Waals surface area contributed by atoms with E-state index < -0.39 is 5.82 Å². The number of halogens is 1. The highest BCUT2D eigenvalue weighted by atomic mass is 32.2. The molecular formula is C15H12FN3O2S. The maximum atomic E-state index is 13.7. The number of pyridine rings is 1. The van der Waals surface area contributed by atoms with Gasteiger partial charge in [-0.1, -0.05) is 23.9 Å². The summed E-state index contributed by atoms with van der Waals surface area (Å²) in [7, 11) is 1.59. The molecule has 0 unspecified atom stereocenters. The zero-order chi connectivity index (χ0) is 15.7. The van der Waals surface area contributed by atoms with Crippen LogP contribution in [0.3, 0.4) is 0 Å². The second-order valence-electron chi connectivity index (χ2n) is 4.54. The third-order valence-electron chi connectivity index (χ3n) is 3.13. The lowest BCUT2D eigenvalue weighted by atomic mass is 10.3. The van der Waals surface area contributed by atoms with Gasteiger partial charge in [-0.2, -0.15) is 0 Å². The molecule has 0 spiro atoms. The predicted molar refractivity (Wildman–Crippen MR) is 83.0 cm³/mol. The third-order valence-corrected chi connectivity index (χ3v) is 3.69. The molecule has 1 aromatic carbocycles. The first kappa shape index (κ1) is 14.5. The van der Waals surface area contributed by atoms with Crippen LogP contribution in [0.4, 0.5) is 4.39 Å². The Morgan fingerprint density at radius 3 is 2.77 bits per heavy atom. The number of nitrogens with zero attached hydrogens (tertiary/aromatic N) is 3. The number of hydrogen-bond donors (Lipinski definition) is 0. The van der Waals surface area contributed by atoms with Gasteiger partial charge in [0.2, 0.25) is 0 Å². The topological polar surface area (TPSA) is 57.0 Å². The van der Waals surface area contributed by atoms with Crippen molar-refractivity contribution < 1.29 is 9.13 Å². The molecule has 2 aromatic heterocycles. The summed E-state index contributed by atoms with van der Waals surface area (Å²) in [4.78, 5) is 20.8. The van der Waals surface area contributed by atoms with Crippen LogP contribution >= 0.6 is 11.8 Å². The van der Waals surface area contributed by atoms with Gasteiger partial charge in [0, 0.05) is 18.6 Å². The van der Waals surface area contributed by atoms with Gasteiger partial charge in [0.15, 0.2) is 22.5 Å².